The van der Waals surface area contributed by atoms with Gasteiger partial charge >= 0.3 is 0 Å². The maximum atomic E-state index is 5.28. The Bertz CT molecular complexity index is 276. The molecule has 0 radical (unpaired) electrons. The second-order valence-electron chi connectivity index (χ2n) is 7.28. The van der Waals surface area contributed by atoms with Gasteiger partial charge in [0.05, 0.1) is 6.61 Å². The molecular formula is C16H32N2O. The van der Waals surface area contributed by atoms with Crippen molar-refractivity contribution in [1.82, 2.24) is 10.2 Å². The van der Waals surface area contributed by atoms with E-state index in [1.807, 2.05) is 7.11 Å². The first kappa shape index (κ1) is 15.3. The van der Waals surface area contributed by atoms with Crippen molar-refractivity contribution >= 4 is 0 Å². The summed E-state index contributed by atoms with van der Waals surface area (Å²) in [5.41, 5.74) is 0.522. The number of nitrogens with zero attached hydrogens (tertiary/aromatic N) is 1. The van der Waals surface area contributed by atoms with Gasteiger partial charge in [0.1, 0.15) is 0 Å². The van der Waals surface area contributed by atoms with Gasteiger partial charge in [-0.2, -0.15) is 0 Å². The number of rotatable bonds is 7. The Balaban J connectivity index is 1.92. The fourth-order valence-corrected chi connectivity index (χ4v) is 3.68. The molecule has 1 N–H and O–H groups in total. The third kappa shape index (κ3) is 4.44. The van der Waals surface area contributed by atoms with Gasteiger partial charge in [-0.1, -0.05) is 13.8 Å². The van der Waals surface area contributed by atoms with Crippen LogP contribution in [0.15, 0.2) is 0 Å². The van der Waals surface area contributed by atoms with Gasteiger partial charge in [-0.3, -0.25) is 4.90 Å². The number of nitrogens with one attached hydrogen (secondary N) is 1. The van der Waals surface area contributed by atoms with Crippen molar-refractivity contribution in [2.24, 2.45) is 11.3 Å². The van der Waals surface area contributed by atoms with E-state index in [0.29, 0.717) is 11.5 Å². The van der Waals surface area contributed by atoms with Crippen LogP contribution in [0.3, 0.4) is 0 Å². The van der Waals surface area contributed by atoms with E-state index in [2.05, 4.69) is 31.1 Å². The van der Waals surface area contributed by atoms with E-state index in [4.69, 9.17) is 4.74 Å². The van der Waals surface area contributed by atoms with Crippen LogP contribution in [-0.2, 0) is 4.74 Å². The number of methoxy groups -OCH3 is 1. The zero-order chi connectivity index (χ0) is 13.9. The highest BCUT2D eigenvalue weighted by molar-refractivity contribution is 4.92. The Morgan fingerprint density at radius 3 is 2.58 bits per heavy atom. The predicted molar refractivity (Wildman–Crippen MR) is 80.4 cm³/mol. The molecule has 0 heterocycles. The summed E-state index contributed by atoms with van der Waals surface area (Å²) in [5, 5.41) is 3.55. The highest BCUT2D eigenvalue weighted by Gasteiger charge is 2.37. The van der Waals surface area contributed by atoms with Crippen LogP contribution in [0, 0.1) is 11.3 Å². The second-order valence-corrected chi connectivity index (χ2v) is 7.28. The van der Waals surface area contributed by atoms with Crippen molar-refractivity contribution in [3.05, 3.63) is 0 Å². The van der Waals surface area contributed by atoms with Gasteiger partial charge in [0.2, 0.25) is 0 Å². The molecule has 0 aliphatic heterocycles. The van der Waals surface area contributed by atoms with Crippen LogP contribution in [0.4, 0.5) is 0 Å². The molecule has 2 rings (SSSR count). The predicted octanol–water partition coefficient (Wildman–Crippen LogP) is 2.51. The quantitative estimate of drug-likeness (QED) is 0.768. The average Bonchev–Trinajstić information content (AvgIpc) is 3.18. The van der Waals surface area contributed by atoms with Gasteiger partial charge in [-0.05, 0) is 50.5 Å². The Morgan fingerprint density at radius 2 is 2.00 bits per heavy atom. The van der Waals surface area contributed by atoms with Crippen molar-refractivity contribution in [3.8, 4) is 0 Å². The van der Waals surface area contributed by atoms with Gasteiger partial charge in [-0.15, -0.1) is 0 Å². The fourth-order valence-electron chi connectivity index (χ4n) is 3.68. The summed E-state index contributed by atoms with van der Waals surface area (Å²) in [4.78, 5) is 2.68. The topological polar surface area (TPSA) is 24.5 Å². The molecule has 0 amide bonds. The molecule has 2 atom stereocenters. The number of hydrogen-bond donors (Lipinski definition) is 1. The summed E-state index contributed by atoms with van der Waals surface area (Å²) in [5.74, 6) is 0.797. The lowest BCUT2D eigenvalue weighted by Gasteiger charge is -2.42. The molecule has 3 nitrogen and oxygen atoms in total. The first-order valence-electron chi connectivity index (χ1n) is 7.96. The molecule has 0 aromatic carbocycles. The molecule has 0 aromatic rings. The third-order valence-electron chi connectivity index (χ3n) is 5.00. The Morgan fingerprint density at radius 1 is 1.26 bits per heavy atom. The maximum Gasteiger partial charge on any atom is 0.0589 e. The summed E-state index contributed by atoms with van der Waals surface area (Å²) in [6.45, 7) is 8.10. The lowest BCUT2D eigenvalue weighted by Crippen LogP contribution is -2.47. The van der Waals surface area contributed by atoms with Crippen LogP contribution in [0.2, 0.25) is 0 Å². The van der Waals surface area contributed by atoms with Crippen molar-refractivity contribution in [2.45, 2.75) is 58.0 Å². The second kappa shape index (κ2) is 6.55. The van der Waals surface area contributed by atoms with Crippen molar-refractivity contribution in [3.63, 3.8) is 0 Å². The largest absolute Gasteiger partial charge is 0.383 e. The van der Waals surface area contributed by atoms with Crippen LogP contribution in [0.25, 0.3) is 0 Å². The minimum atomic E-state index is 0.522. The molecule has 3 heteroatoms. The van der Waals surface area contributed by atoms with Crippen LogP contribution >= 0.6 is 0 Å². The first-order chi connectivity index (χ1) is 9.05. The van der Waals surface area contributed by atoms with Gasteiger partial charge in [-0.25, -0.2) is 0 Å². The minimum Gasteiger partial charge on any atom is -0.383 e. The summed E-state index contributed by atoms with van der Waals surface area (Å²) < 4.78 is 5.28. The maximum absolute atomic E-state index is 5.28. The Labute approximate surface area is 119 Å². The summed E-state index contributed by atoms with van der Waals surface area (Å²) in [7, 11) is 3.94. The standard InChI is InChI=1S/C16H32N2O/c1-16(2)8-7-15(17-3)13(11-16)12-18(9-10-19-4)14-5-6-14/h13-15,17H,5-12H2,1-4H3. The molecule has 0 bridgehead atoms. The summed E-state index contributed by atoms with van der Waals surface area (Å²) >= 11 is 0. The molecule has 0 aromatic heterocycles. The van der Waals surface area contributed by atoms with E-state index < -0.39 is 0 Å². The normalized spacial score (nSPS) is 30.8. The molecule has 19 heavy (non-hydrogen) atoms. The van der Waals surface area contributed by atoms with E-state index in [1.165, 1.54) is 38.6 Å². The smallest absolute Gasteiger partial charge is 0.0589 e. The molecule has 2 unspecified atom stereocenters. The summed E-state index contributed by atoms with van der Waals surface area (Å²) in [6, 6.07) is 1.55. The van der Waals surface area contributed by atoms with E-state index >= 15 is 0 Å². The van der Waals surface area contributed by atoms with E-state index in [0.717, 1.165) is 25.1 Å². The summed E-state index contributed by atoms with van der Waals surface area (Å²) in [6.07, 6.45) is 6.83. The lowest BCUT2D eigenvalue weighted by molar-refractivity contribution is 0.0821. The first-order valence-corrected chi connectivity index (χ1v) is 7.96. The molecule has 2 saturated carbocycles. The van der Waals surface area contributed by atoms with Gasteiger partial charge in [0, 0.05) is 32.3 Å². The van der Waals surface area contributed by atoms with Gasteiger partial charge in [0.25, 0.3) is 0 Å². The van der Waals surface area contributed by atoms with Crippen molar-refractivity contribution < 1.29 is 4.74 Å². The van der Waals surface area contributed by atoms with E-state index in [9.17, 15) is 0 Å². The molecule has 2 aliphatic carbocycles. The van der Waals surface area contributed by atoms with Crippen molar-refractivity contribution in [2.75, 3.05) is 33.9 Å². The highest BCUT2D eigenvalue weighted by atomic mass is 16.5. The minimum absolute atomic E-state index is 0.522. The van der Waals surface area contributed by atoms with E-state index in [-0.39, 0.29) is 0 Å². The third-order valence-corrected chi connectivity index (χ3v) is 5.00. The van der Waals surface area contributed by atoms with Crippen LogP contribution in [-0.4, -0.2) is 50.8 Å². The van der Waals surface area contributed by atoms with Crippen LogP contribution < -0.4 is 5.32 Å². The molecule has 2 fully saturated rings. The molecule has 0 saturated heterocycles. The lowest BCUT2D eigenvalue weighted by atomic mass is 9.69. The molecule has 2 aliphatic rings. The van der Waals surface area contributed by atoms with Crippen LogP contribution in [0.5, 0.6) is 0 Å². The van der Waals surface area contributed by atoms with Gasteiger partial charge < -0.3 is 10.1 Å². The monoisotopic (exact) mass is 268 g/mol. The van der Waals surface area contributed by atoms with Crippen LogP contribution in [0.1, 0.15) is 46.0 Å². The SMILES string of the molecule is CNC1CCC(C)(C)CC1CN(CCOC)C1CC1. The van der Waals surface area contributed by atoms with E-state index in [1.54, 1.807) is 0 Å². The fraction of sp³-hybridized carbons (Fsp3) is 1.00. The molecule has 0 spiro atoms. The zero-order valence-electron chi connectivity index (χ0n) is 13.2. The highest BCUT2D eigenvalue weighted by Crippen LogP contribution is 2.40. The average molecular weight is 268 g/mol. The zero-order valence-corrected chi connectivity index (χ0v) is 13.2. The van der Waals surface area contributed by atoms with Gasteiger partial charge in [0.15, 0.2) is 0 Å². The molecular weight excluding hydrogens is 236 g/mol. The Hall–Kier alpha value is -0.120. The Kier molecular flexibility index (Phi) is 5.27. The number of ether oxygens (including phenoxy) is 1. The molecule has 112 valence electrons. The van der Waals surface area contributed by atoms with Crippen molar-refractivity contribution in [1.29, 1.82) is 0 Å². The number of hydrogen-bond acceptors (Lipinski definition) is 3.